The lowest BCUT2D eigenvalue weighted by molar-refractivity contribution is 0.669. The minimum Gasteiger partial charge on any atom is -0.456 e. The smallest absolute Gasteiger partial charge is 0.137 e. The van der Waals surface area contributed by atoms with Crippen molar-refractivity contribution in [2.75, 3.05) is 4.90 Å². The summed E-state index contributed by atoms with van der Waals surface area (Å²) >= 11 is 0. The molecule has 1 aliphatic rings. The number of aromatic nitrogens is 1. The molecule has 3 nitrogen and oxygen atoms in total. The molecule has 12 aromatic rings. The first-order chi connectivity index (χ1) is 31.8. The third-order valence-electron chi connectivity index (χ3n) is 13.5. The van der Waals surface area contributed by atoms with E-state index in [0.29, 0.717) is 0 Å². The fraction of sp³-hybridized carbons (Fsp3) is 0.0164. The number of nitrogens with zero attached hydrogens (tertiary/aromatic N) is 2. The second-order valence-corrected chi connectivity index (χ2v) is 16.8. The fourth-order valence-electron chi connectivity index (χ4n) is 10.8. The van der Waals surface area contributed by atoms with Gasteiger partial charge in [-0.15, -0.1) is 0 Å². The molecular weight excluding hydrogens is 777 g/mol. The third-order valence-corrected chi connectivity index (χ3v) is 13.5. The molecule has 0 amide bonds. The Morgan fingerprint density at radius 1 is 0.344 bits per heavy atom. The van der Waals surface area contributed by atoms with Crippen molar-refractivity contribution in [2.45, 2.75) is 5.41 Å². The van der Waals surface area contributed by atoms with E-state index in [0.717, 1.165) is 50.3 Å². The number of para-hydroxylation sites is 4. The average molecular weight is 817 g/mol. The Hall–Kier alpha value is -8.40. The van der Waals surface area contributed by atoms with Crippen LogP contribution in [0.2, 0.25) is 0 Å². The Balaban J connectivity index is 1.01. The van der Waals surface area contributed by atoms with Gasteiger partial charge < -0.3 is 13.9 Å². The van der Waals surface area contributed by atoms with Gasteiger partial charge in [-0.1, -0.05) is 176 Å². The van der Waals surface area contributed by atoms with Gasteiger partial charge in [-0.3, -0.25) is 0 Å². The van der Waals surface area contributed by atoms with Gasteiger partial charge in [0.05, 0.1) is 22.1 Å². The van der Waals surface area contributed by atoms with E-state index in [4.69, 9.17) is 4.42 Å². The van der Waals surface area contributed by atoms with Gasteiger partial charge in [-0.25, -0.2) is 0 Å². The number of anilines is 3. The van der Waals surface area contributed by atoms with Gasteiger partial charge in [0.15, 0.2) is 0 Å². The minimum absolute atomic E-state index is 0.529. The monoisotopic (exact) mass is 816 g/mol. The second-order valence-electron chi connectivity index (χ2n) is 16.8. The van der Waals surface area contributed by atoms with Crippen molar-refractivity contribution in [3.63, 3.8) is 0 Å². The molecule has 300 valence electrons. The normalized spacial score (nSPS) is 12.8. The van der Waals surface area contributed by atoms with E-state index in [1.54, 1.807) is 0 Å². The molecule has 2 heterocycles. The number of rotatable bonds is 7. The SMILES string of the molecule is c1ccc(C2(c3ccccc3)c3ccccc3-c3ccc(N(c4ccc(-c5ccccc5-n5c6ccccc6c6ccccc65)cc4)c4ccc5c(c4)oc4ccccc45)cc32)cc1. The van der Waals surface area contributed by atoms with Crippen molar-refractivity contribution in [1.29, 1.82) is 0 Å². The van der Waals surface area contributed by atoms with E-state index in [1.165, 1.54) is 60.8 Å². The lowest BCUT2D eigenvalue weighted by Gasteiger charge is -2.35. The molecule has 3 heteroatoms. The number of furan rings is 1. The second kappa shape index (κ2) is 14.3. The van der Waals surface area contributed by atoms with Gasteiger partial charge in [0.1, 0.15) is 11.2 Å². The highest BCUT2D eigenvalue weighted by molar-refractivity contribution is 6.10. The summed E-state index contributed by atoms with van der Waals surface area (Å²) in [5.41, 5.74) is 17.7. The molecule has 2 aromatic heterocycles. The first-order valence-electron chi connectivity index (χ1n) is 22.0. The summed E-state index contributed by atoms with van der Waals surface area (Å²) in [5, 5.41) is 4.73. The summed E-state index contributed by atoms with van der Waals surface area (Å²) in [6.45, 7) is 0. The molecule has 0 fully saturated rings. The Bertz CT molecular complexity index is 3640. The van der Waals surface area contributed by atoms with Gasteiger partial charge in [0, 0.05) is 50.2 Å². The molecule has 0 radical (unpaired) electrons. The highest BCUT2D eigenvalue weighted by atomic mass is 16.3. The Morgan fingerprint density at radius 2 is 0.859 bits per heavy atom. The van der Waals surface area contributed by atoms with Crippen molar-refractivity contribution >= 4 is 60.8 Å². The lowest BCUT2D eigenvalue weighted by Crippen LogP contribution is -2.28. The molecule has 0 saturated carbocycles. The van der Waals surface area contributed by atoms with Crippen LogP contribution in [0.3, 0.4) is 0 Å². The maximum Gasteiger partial charge on any atom is 0.137 e. The van der Waals surface area contributed by atoms with Crippen LogP contribution in [0.5, 0.6) is 0 Å². The topological polar surface area (TPSA) is 21.3 Å². The van der Waals surface area contributed by atoms with E-state index in [2.05, 4.69) is 240 Å². The molecule has 64 heavy (non-hydrogen) atoms. The van der Waals surface area contributed by atoms with Gasteiger partial charge in [0.25, 0.3) is 0 Å². The molecule has 1 aliphatic carbocycles. The van der Waals surface area contributed by atoms with E-state index in [9.17, 15) is 0 Å². The third kappa shape index (κ3) is 5.34. The van der Waals surface area contributed by atoms with E-state index in [1.807, 2.05) is 12.1 Å². The number of hydrogen-bond acceptors (Lipinski definition) is 2. The van der Waals surface area contributed by atoms with E-state index < -0.39 is 5.41 Å². The van der Waals surface area contributed by atoms with Crippen molar-refractivity contribution in [2.24, 2.45) is 0 Å². The molecule has 10 aromatic carbocycles. The zero-order valence-corrected chi connectivity index (χ0v) is 34.9. The van der Waals surface area contributed by atoms with E-state index in [-0.39, 0.29) is 0 Å². The fourth-order valence-corrected chi connectivity index (χ4v) is 10.8. The summed E-state index contributed by atoms with van der Waals surface area (Å²) in [5.74, 6) is 0. The first kappa shape index (κ1) is 36.3. The van der Waals surface area contributed by atoms with Gasteiger partial charge in [-0.2, -0.15) is 0 Å². The highest BCUT2D eigenvalue weighted by Gasteiger charge is 2.46. The molecule has 0 N–H and O–H groups in total. The van der Waals surface area contributed by atoms with Crippen LogP contribution in [-0.4, -0.2) is 4.57 Å². The summed E-state index contributed by atoms with van der Waals surface area (Å²) in [6.07, 6.45) is 0. The highest BCUT2D eigenvalue weighted by Crippen LogP contribution is 2.57. The van der Waals surface area contributed by atoms with Gasteiger partial charge >= 0.3 is 0 Å². The molecular formula is C61H40N2O. The number of hydrogen-bond donors (Lipinski definition) is 0. The average Bonchev–Trinajstić information content (AvgIpc) is 4.01. The predicted octanol–water partition coefficient (Wildman–Crippen LogP) is 16.2. The number of benzene rings is 10. The van der Waals surface area contributed by atoms with Crippen LogP contribution >= 0.6 is 0 Å². The first-order valence-corrected chi connectivity index (χ1v) is 22.0. The zero-order valence-electron chi connectivity index (χ0n) is 34.9. The Kier molecular flexibility index (Phi) is 8.13. The van der Waals surface area contributed by atoms with Crippen molar-refractivity contribution in [3.05, 3.63) is 265 Å². The van der Waals surface area contributed by atoms with Gasteiger partial charge in [0.2, 0.25) is 0 Å². The number of fused-ring (bicyclic) bond motifs is 9. The summed E-state index contributed by atoms with van der Waals surface area (Å²) < 4.78 is 8.95. The van der Waals surface area contributed by atoms with Crippen LogP contribution < -0.4 is 4.90 Å². The summed E-state index contributed by atoms with van der Waals surface area (Å²) in [4.78, 5) is 2.39. The molecule has 0 atom stereocenters. The van der Waals surface area contributed by atoms with Crippen LogP contribution in [0, 0.1) is 0 Å². The molecule has 0 spiro atoms. The standard InChI is InChI=1S/C61H40N2O/c1-3-17-42(18-4-1)61(43-19-5-2-6-20-43)54-26-12-7-22-48(54)49-37-35-45(39-55(49)61)62(46-36-38-53-52-25-11-16-30-59(52)64-60(53)40-46)44-33-31-41(32-34-44)47-21-8-13-27-56(47)63-57-28-14-9-23-50(57)51-24-10-15-29-58(51)63/h1-40H. The van der Waals surface area contributed by atoms with E-state index >= 15 is 0 Å². The zero-order chi connectivity index (χ0) is 42.2. The molecule has 0 aliphatic heterocycles. The van der Waals surface area contributed by atoms with Crippen LogP contribution in [0.25, 0.3) is 71.7 Å². The van der Waals surface area contributed by atoms with Crippen molar-refractivity contribution < 1.29 is 4.42 Å². The maximum atomic E-state index is 6.54. The lowest BCUT2D eigenvalue weighted by atomic mass is 9.67. The molecule has 13 rings (SSSR count). The molecule has 0 unspecified atom stereocenters. The summed E-state index contributed by atoms with van der Waals surface area (Å²) in [7, 11) is 0. The van der Waals surface area contributed by atoms with Crippen molar-refractivity contribution in [3.8, 4) is 27.9 Å². The molecule has 0 bridgehead atoms. The van der Waals surface area contributed by atoms with Crippen LogP contribution in [0.1, 0.15) is 22.3 Å². The quantitative estimate of drug-likeness (QED) is 0.160. The Labute approximate surface area is 371 Å². The minimum atomic E-state index is -0.529. The Morgan fingerprint density at radius 3 is 1.58 bits per heavy atom. The van der Waals surface area contributed by atoms with Crippen molar-refractivity contribution in [1.82, 2.24) is 4.57 Å². The van der Waals surface area contributed by atoms with Crippen LogP contribution in [-0.2, 0) is 5.41 Å². The van der Waals surface area contributed by atoms with Gasteiger partial charge in [-0.05, 0) is 99.6 Å². The molecule has 0 saturated heterocycles. The summed E-state index contributed by atoms with van der Waals surface area (Å²) in [6, 6.07) is 88.3. The largest absolute Gasteiger partial charge is 0.456 e. The maximum absolute atomic E-state index is 6.54. The van der Waals surface area contributed by atoms with Crippen LogP contribution in [0.4, 0.5) is 17.1 Å². The van der Waals surface area contributed by atoms with Crippen LogP contribution in [0.15, 0.2) is 247 Å². The predicted molar refractivity (Wildman–Crippen MR) is 265 cm³/mol.